The second kappa shape index (κ2) is 6.52. The summed E-state index contributed by atoms with van der Waals surface area (Å²) in [6, 6.07) is 9.10. The second-order valence-corrected chi connectivity index (χ2v) is 4.37. The molecule has 0 aliphatic rings. The molecule has 1 N–H and O–H groups in total. The summed E-state index contributed by atoms with van der Waals surface area (Å²) in [7, 11) is 1.29. The zero-order valence-electron chi connectivity index (χ0n) is 11.9. The Hall–Kier alpha value is -3.49. The fourth-order valence-electron chi connectivity index (χ4n) is 1.91. The normalized spacial score (nSPS) is 9.96. The lowest BCUT2D eigenvalue weighted by Gasteiger charge is -2.10. The van der Waals surface area contributed by atoms with E-state index in [1.807, 2.05) is 0 Å². The molecule has 0 aromatic heterocycles. The number of rotatable bonds is 5. The first-order chi connectivity index (χ1) is 10.9. The fraction of sp³-hybridized carbons (Fsp3) is 0.0714. The van der Waals surface area contributed by atoms with Crippen molar-refractivity contribution in [2.45, 2.75) is 0 Å². The molecule has 9 nitrogen and oxygen atoms in total. The molecule has 0 heterocycles. The van der Waals surface area contributed by atoms with Gasteiger partial charge in [-0.15, -0.1) is 0 Å². The molecule has 0 atom stereocenters. The van der Waals surface area contributed by atoms with Gasteiger partial charge in [-0.25, -0.2) is 0 Å². The number of para-hydroxylation sites is 1. The summed E-state index contributed by atoms with van der Waals surface area (Å²) >= 11 is 0. The molecule has 23 heavy (non-hydrogen) atoms. The van der Waals surface area contributed by atoms with Crippen LogP contribution in [0.2, 0.25) is 0 Å². The van der Waals surface area contributed by atoms with Gasteiger partial charge in [-0.1, -0.05) is 12.1 Å². The molecule has 0 aliphatic heterocycles. The Labute approximate surface area is 129 Å². The molecule has 0 spiro atoms. The molecule has 0 radical (unpaired) electrons. The lowest BCUT2D eigenvalue weighted by Crippen LogP contribution is -2.14. The van der Waals surface area contributed by atoms with Crippen LogP contribution in [0.15, 0.2) is 42.5 Å². The highest BCUT2D eigenvalue weighted by Gasteiger charge is 2.21. The summed E-state index contributed by atoms with van der Waals surface area (Å²) in [6.07, 6.45) is 0. The highest BCUT2D eigenvalue weighted by Crippen LogP contribution is 2.30. The molecule has 2 aromatic rings. The molecule has 0 saturated heterocycles. The maximum atomic E-state index is 12.2. The number of hydrogen-bond donors (Lipinski definition) is 1. The smallest absolute Gasteiger partial charge is 0.282 e. The van der Waals surface area contributed by atoms with Gasteiger partial charge in [-0.3, -0.25) is 25.0 Å². The van der Waals surface area contributed by atoms with E-state index in [4.69, 9.17) is 4.74 Å². The highest BCUT2D eigenvalue weighted by atomic mass is 16.6. The number of amides is 1. The van der Waals surface area contributed by atoms with E-state index < -0.39 is 15.8 Å². The Kier molecular flexibility index (Phi) is 4.50. The SMILES string of the molecule is COc1cc([N+](=O)[O-])ccc1NC(=O)c1ccccc1[N+](=O)[O-]. The van der Waals surface area contributed by atoms with Crippen molar-refractivity contribution in [2.24, 2.45) is 0 Å². The summed E-state index contributed by atoms with van der Waals surface area (Å²) in [6.45, 7) is 0. The van der Waals surface area contributed by atoms with Gasteiger partial charge in [0.05, 0.1) is 28.7 Å². The minimum atomic E-state index is -0.718. The van der Waals surface area contributed by atoms with Crippen LogP contribution in [0.5, 0.6) is 5.75 Å². The molecule has 0 bridgehead atoms. The summed E-state index contributed by atoms with van der Waals surface area (Å²) in [5.41, 5.74) is -0.504. The van der Waals surface area contributed by atoms with Gasteiger partial charge in [-0.05, 0) is 12.1 Å². The number of ether oxygens (including phenoxy) is 1. The third kappa shape index (κ3) is 3.40. The van der Waals surface area contributed by atoms with Crippen molar-refractivity contribution < 1.29 is 19.4 Å². The Morgan fingerprint density at radius 1 is 1.09 bits per heavy atom. The first kappa shape index (κ1) is 15.9. The number of carbonyl (C=O) groups is 1. The molecule has 118 valence electrons. The number of methoxy groups -OCH3 is 1. The van der Waals surface area contributed by atoms with Crippen molar-refractivity contribution >= 4 is 23.0 Å². The van der Waals surface area contributed by atoms with Crippen molar-refractivity contribution in [3.8, 4) is 5.75 Å². The van der Waals surface area contributed by atoms with Crippen LogP contribution in [0.4, 0.5) is 17.1 Å². The molecule has 0 saturated carbocycles. The monoisotopic (exact) mass is 317 g/mol. The zero-order chi connectivity index (χ0) is 17.0. The first-order valence-electron chi connectivity index (χ1n) is 6.31. The number of nitrogens with zero attached hydrogens (tertiary/aromatic N) is 2. The van der Waals surface area contributed by atoms with Crippen LogP contribution in [0.25, 0.3) is 0 Å². The molecule has 0 fully saturated rings. The third-order valence-electron chi connectivity index (χ3n) is 2.99. The van der Waals surface area contributed by atoms with E-state index in [1.165, 1.54) is 43.5 Å². The zero-order valence-corrected chi connectivity index (χ0v) is 11.9. The summed E-state index contributed by atoms with van der Waals surface area (Å²) in [5, 5.41) is 24.1. The second-order valence-electron chi connectivity index (χ2n) is 4.37. The van der Waals surface area contributed by atoms with Crippen molar-refractivity contribution in [1.82, 2.24) is 0 Å². The quantitative estimate of drug-likeness (QED) is 0.667. The summed E-state index contributed by atoms with van der Waals surface area (Å²) < 4.78 is 5.00. The Bertz CT molecular complexity index is 790. The summed E-state index contributed by atoms with van der Waals surface area (Å²) in [5.74, 6) is -0.643. The number of hydrogen-bond acceptors (Lipinski definition) is 6. The predicted octanol–water partition coefficient (Wildman–Crippen LogP) is 2.76. The van der Waals surface area contributed by atoms with Gasteiger partial charge in [0.15, 0.2) is 0 Å². The van der Waals surface area contributed by atoms with E-state index in [-0.39, 0.29) is 28.4 Å². The van der Waals surface area contributed by atoms with Crippen LogP contribution in [-0.4, -0.2) is 22.9 Å². The minimum Gasteiger partial charge on any atom is -0.494 e. The number of anilines is 1. The largest absolute Gasteiger partial charge is 0.494 e. The van der Waals surface area contributed by atoms with E-state index in [2.05, 4.69) is 5.32 Å². The number of benzene rings is 2. The van der Waals surface area contributed by atoms with Crippen LogP contribution in [-0.2, 0) is 0 Å². The fourth-order valence-corrected chi connectivity index (χ4v) is 1.91. The molecule has 2 rings (SSSR count). The van der Waals surface area contributed by atoms with Gasteiger partial charge in [0.1, 0.15) is 11.3 Å². The van der Waals surface area contributed by atoms with E-state index >= 15 is 0 Å². The van der Waals surface area contributed by atoms with Crippen LogP contribution in [0.1, 0.15) is 10.4 Å². The predicted molar refractivity (Wildman–Crippen MR) is 80.7 cm³/mol. The molecule has 0 unspecified atom stereocenters. The van der Waals surface area contributed by atoms with E-state index in [0.29, 0.717) is 0 Å². The highest BCUT2D eigenvalue weighted by molar-refractivity contribution is 6.07. The molecular weight excluding hydrogens is 306 g/mol. The lowest BCUT2D eigenvalue weighted by atomic mass is 10.1. The van der Waals surface area contributed by atoms with E-state index in [9.17, 15) is 25.0 Å². The van der Waals surface area contributed by atoms with Gasteiger partial charge in [0, 0.05) is 12.1 Å². The van der Waals surface area contributed by atoms with Crippen molar-refractivity contribution in [3.63, 3.8) is 0 Å². The molecule has 9 heteroatoms. The number of non-ortho nitro benzene ring substituents is 1. The topological polar surface area (TPSA) is 125 Å². The van der Waals surface area contributed by atoms with Gasteiger partial charge < -0.3 is 10.1 Å². The number of nitro benzene ring substituents is 2. The van der Waals surface area contributed by atoms with Gasteiger partial charge in [-0.2, -0.15) is 0 Å². The molecule has 2 aromatic carbocycles. The number of nitro groups is 2. The van der Waals surface area contributed by atoms with Crippen molar-refractivity contribution in [1.29, 1.82) is 0 Å². The maximum absolute atomic E-state index is 12.2. The van der Waals surface area contributed by atoms with E-state index in [1.54, 1.807) is 0 Å². The van der Waals surface area contributed by atoms with Gasteiger partial charge in [0.2, 0.25) is 0 Å². The molecule has 1 amide bonds. The van der Waals surface area contributed by atoms with E-state index in [0.717, 1.165) is 6.07 Å². The number of carbonyl (C=O) groups excluding carboxylic acids is 1. The first-order valence-corrected chi connectivity index (χ1v) is 6.31. The Morgan fingerprint density at radius 3 is 2.39 bits per heavy atom. The standard InChI is InChI=1S/C14H11N3O6/c1-23-13-8-9(16(19)20)6-7-11(13)15-14(18)10-4-2-3-5-12(10)17(21)22/h2-8H,1H3,(H,15,18). The Morgan fingerprint density at radius 2 is 1.78 bits per heavy atom. The van der Waals surface area contributed by atoms with Gasteiger partial charge >= 0.3 is 0 Å². The molecular formula is C14H11N3O6. The van der Waals surface area contributed by atoms with Crippen LogP contribution < -0.4 is 10.1 Å². The lowest BCUT2D eigenvalue weighted by molar-refractivity contribution is -0.385. The van der Waals surface area contributed by atoms with Crippen LogP contribution >= 0.6 is 0 Å². The van der Waals surface area contributed by atoms with Gasteiger partial charge in [0.25, 0.3) is 17.3 Å². The average Bonchev–Trinajstić information content (AvgIpc) is 2.54. The third-order valence-corrected chi connectivity index (χ3v) is 2.99. The average molecular weight is 317 g/mol. The van der Waals surface area contributed by atoms with Crippen LogP contribution in [0.3, 0.4) is 0 Å². The summed E-state index contributed by atoms with van der Waals surface area (Å²) in [4.78, 5) is 32.6. The van der Waals surface area contributed by atoms with Crippen LogP contribution in [0, 0.1) is 20.2 Å². The van der Waals surface area contributed by atoms with Crippen molar-refractivity contribution in [2.75, 3.05) is 12.4 Å². The number of nitrogens with one attached hydrogen (secondary N) is 1. The maximum Gasteiger partial charge on any atom is 0.282 e. The minimum absolute atomic E-state index is 0.0751. The van der Waals surface area contributed by atoms with Crippen molar-refractivity contribution in [3.05, 3.63) is 68.3 Å². The Balaban J connectivity index is 2.34. The molecule has 0 aliphatic carbocycles.